The second-order valence-corrected chi connectivity index (χ2v) is 6.75. The molecule has 1 saturated carbocycles. The van der Waals surface area contributed by atoms with Gasteiger partial charge in [-0.2, -0.15) is 4.31 Å². The average molecular weight is 232 g/mol. The Hall–Kier alpha value is -0.130. The topological polar surface area (TPSA) is 49.4 Å². The van der Waals surface area contributed by atoms with Crippen molar-refractivity contribution in [2.24, 2.45) is 5.92 Å². The maximum Gasteiger partial charge on any atom is 0.214 e. The summed E-state index contributed by atoms with van der Waals surface area (Å²) < 4.78 is 25.7. The molecule has 2 fully saturated rings. The van der Waals surface area contributed by atoms with Gasteiger partial charge in [0, 0.05) is 25.7 Å². The number of hydrogen-bond donors (Lipinski definition) is 1. The van der Waals surface area contributed by atoms with E-state index in [9.17, 15) is 8.42 Å². The van der Waals surface area contributed by atoms with E-state index >= 15 is 0 Å². The minimum Gasteiger partial charge on any atom is -0.314 e. The molecule has 0 aromatic carbocycles. The molecule has 1 N–H and O–H groups in total. The quantitative estimate of drug-likeness (QED) is 0.764. The Morgan fingerprint density at radius 3 is 2.73 bits per heavy atom. The van der Waals surface area contributed by atoms with Crippen LogP contribution in [0.5, 0.6) is 0 Å². The first-order valence-electron chi connectivity index (χ1n) is 5.80. The van der Waals surface area contributed by atoms with Gasteiger partial charge in [-0.15, -0.1) is 0 Å². The number of hydrogen-bond acceptors (Lipinski definition) is 3. The molecule has 2 rings (SSSR count). The highest BCUT2D eigenvalue weighted by Crippen LogP contribution is 2.33. The van der Waals surface area contributed by atoms with Crippen molar-refractivity contribution in [2.45, 2.75) is 32.2 Å². The lowest BCUT2D eigenvalue weighted by molar-refractivity contribution is 0.283. The van der Waals surface area contributed by atoms with E-state index in [4.69, 9.17) is 0 Å². The second kappa shape index (κ2) is 4.39. The van der Waals surface area contributed by atoms with E-state index in [1.54, 1.807) is 4.31 Å². The van der Waals surface area contributed by atoms with Crippen molar-refractivity contribution >= 4 is 10.0 Å². The number of nitrogens with one attached hydrogen (secondary N) is 1. The Balaban J connectivity index is 1.92. The molecule has 15 heavy (non-hydrogen) atoms. The van der Waals surface area contributed by atoms with Crippen LogP contribution >= 0.6 is 0 Å². The second-order valence-electron chi connectivity index (χ2n) is 4.71. The third-order valence-electron chi connectivity index (χ3n) is 3.28. The Bertz CT molecular complexity index is 311. The molecule has 0 aromatic heterocycles. The minimum absolute atomic E-state index is 0.114. The van der Waals surface area contributed by atoms with Crippen LogP contribution in [0.3, 0.4) is 0 Å². The summed E-state index contributed by atoms with van der Waals surface area (Å²) in [5.74, 6) is 1.04. The van der Waals surface area contributed by atoms with Crippen LogP contribution in [0.2, 0.25) is 0 Å². The molecule has 0 radical (unpaired) electrons. The first-order chi connectivity index (χ1) is 7.09. The Morgan fingerprint density at radius 1 is 1.40 bits per heavy atom. The molecule has 88 valence electrons. The van der Waals surface area contributed by atoms with E-state index < -0.39 is 10.0 Å². The summed E-state index contributed by atoms with van der Waals surface area (Å²) in [4.78, 5) is 0. The van der Waals surface area contributed by atoms with Crippen LogP contribution in [-0.2, 0) is 10.0 Å². The summed E-state index contributed by atoms with van der Waals surface area (Å²) in [7, 11) is -2.99. The van der Waals surface area contributed by atoms with Crippen LogP contribution in [0, 0.1) is 5.92 Å². The molecule has 0 spiro atoms. The van der Waals surface area contributed by atoms with Gasteiger partial charge >= 0.3 is 0 Å². The monoisotopic (exact) mass is 232 g/mol. The summed E-state index contributed by atoms with van der Waals surface area (Å²) in [6.45, 7) is 4.17. The highest BCUT2D eigenvalue weighted by molar-refractivity contribution is 7.89. The lowest BCUT2D eigenvalue weighted by Crippen LogP contribution is -2.52. The molecule has 2 aliphatic rings. The van der Waals surface area contributed by atoms with Gasteiger partial charge in [-0.05, 0) is 19.3 Å². The fourth-order valence-electron chi connectivity index (χ4n) is 2.08. The summed E-state index contributed by atoms with van der Waals surface area (Å²) in [5.41, 5.74) is 0. The molecule has 1 aliphatic carbocycles. The molecular weight excluding hydrogens is 212 g/mol. The zero-order chi connectivity index (χ0) is 10.9. The predicted octanol–water partition coefficient (Wildman–Crippen LogP) is 0.410. The van der Waals surface area contributed by atoms with Gasteiger partial charge in [-0.3, -0.25) is 0 Å². The third kappa shape index (κ3) is 2.92. The van der Waals surface area contributed by atoms with Crippen molar-refractivity contribution < 1.29 is 8.42 Å². The van der Waals surface area contributed by atoms with Gasteiger partial charge in [0.15, 0.2) is 0 Å². The number of nitrogens with zero attached hydrogens (tertiary/aromatic N) is 1. The minimum atomic E-state index is -2.99. The van der Waals surface area contributed by atoms with E-state index in [1.807, 2.05) is 6.92 Å². The highest BCUT2D eigenvalue weighted by Gasteiger charge is 2.31. The van der Waals surface area contributed by atoms with E-state index in [0.717, 1.165) is 19.5 Å². The van der Waals surface area contributed by atoms with E-state index in [-0.39, 0.29) is 6.04 Å². The van der Waals surface area contributed by atoms with Gasteiger partial charge in [-0.1, -0.05) is 12.8 Å². The van der Waals surface area contributed by atoms with Gasteiger partial charge in [-0.25, -0.2) is 8.42 Å². The summed E-state index contributed by atoms with van der Waals surface area (Å²) in [6, 6.07) is 0.114. The zero-order valence-electron chi connectivity index (χ0n) is 9.28. The van der Waals surface area contributed by atoms with Crippen LogP contribution in [-0.4, -0.2) is 44.2 Å². The lowest BCUT2D eigenvalue weighted by Gasteiger charge is -2.32. The first kappa shape index (κ1) is 11.4. The number of piperazine rings is 1. The fraction of sp³-hybridized carbons (Fsp3) is 1.00. The first-order valence-corrected chi connectivity index (χ1v) is 7.41. The van der Waals surface area contributed by atoms with Crippen molar-refractivity contribution in [1.82, 2.24) is 9.62 Å². The Kier molecular flexibility index (Phi) is 3.33. The zero-order valence-corrected chi connectivity index (χ0v) is 10.1. The molecule has 4 nitrogen and oxygen atoms in total. The largest absolute Gasteiger partial charge is 0.314 e. The molecule has 0 aromatic rings. The molecule has 0 bridgehead atoms. The molecule has 1 heterocycles. The van der Waals surface area contributed by atoms with Crippen LogP contribution in [0.4, 0.5) is 0 Å². The maximum absolute atomic E-state index is 12.0. The molecule has 5 heteroatoms. The van der Waals surface area contributed by atoms with Crippen LogP contribution in [0.25, 0.3) is 0 Å². The van der Waals surface area contributed by atoms with Crippen molar-refractivity contribution in [1.29, 1.82) is 0 Å². The molecule has 1 aliphatic heterocycles. The highest BCUT2D eigenvalue weighted by atomic mass is 32.2. The lowest BCUT2D eigenvalue weighted by atomic mass is 10.3. The fourth-order valence-corrected chi connectivity index (χ4v) is 3.93. The SMILES string of the molecule is CC1CNCCN1S(=O)(=O)CCC1CC1. The molecule has 1 atom stereocenters. The standard InChI is InChI=1S/C10H20N2O2S/c1-9-8-11-5-6-12(9)15(13,14)7-4-10-2-3-10/h9-11H,2-8H2,1H3. The Labute approximate surface area is 92.1 Å². The summed E-state index contributed by atoms with van der Waals surface area (Å²) in [6.07, 6.45) is 3.32. The van der Waals surface area contributed by atoms with Crippen molar-refractivity contribution in [3.8, 4) is 0 Å². The van der Waals surface area contributed by atoms with Crippen LogP contribution in [0.1, 0.15) is 26.2 Å². The van der Waals surface area contributed by atoms with E-state index in [1.165, 1.54) is 12.8 Å². The van der Waals surface area contributed by atoms with E-state index in [0.29, 0.717) is 18.2 Å². The predicted molar refractivity (Wildman–Crippen MR) is 60.2 cm³/mol. The Morgan fingerprint density at radius 2 is 2.13 bits per heavy atom. The van der Waals surface area contributed by atoms with Gasteiger partial charge in [0.25, 0.3) is 0 Å². The van der Waals surface area contributed by atoms with Crippen molar-refractivity contribution in [3.63, 3.8) is 0 Å². The number of sulfonamides is 1. The normalized spacial score (nSPS) is 29.3. The van der Waals surface area contributed by atoms with Gasteiger partial charge < -0.3 is 5.32 Å². The smallest absolute Gasteiger partial charge is 0.214 e. The van der Waals surface area contributed by atoms with Gasteiger partial charge in [0.1, 0.15) is 0 Å². The summed E-state index contributed by atoms with van der Waals surface area (Å²) in [5, 5.41) is 3.21. The molecule has 1 saturated heterocycles. The van der Waals surface area contributed by atoms with Gasteiger partial charge in [0.05, 0.1) is 5.75 Å². The van der Waals surface area contributed by atoms with Crippen LogP contribution in [0.15, 0.2) is 0 Å². The molecule has 0 amide bonds. The van der Waals surface area contributed by atoms with Crippen LogP contribution < -0.4 is 5.32 Å². The van der Waals surface area contributed by atoms with Crippen molar-refractivity contribution in [2.75, 3.05) is 25.4 Å². The molecular formula is C10H20N2O2S. The summed E-state index contributed by atoms with van der Waals surface area (Å²) >= 11 is 0. The van der Waals surface area contributed by atoms with Crippen molar-refractivity contribution in [3.05, 3.63) is 0 Å². The number of rotatable bonds is 4. The van der Waals surface area contributed by atoms with E-state index in [2.05, 4.69) is 5.32 Å². The molecule has 1 unspecified atom stereocenters. The maximum atomic E-state index is 12.0. The van der Waals surface area contributed by atoms with Gasteiger partial charge in [0.2, 0.25) is 10.0 Å². The average Bonchev–Trinajstić information content (AvgIpc) is 2.99. The third-order valence-corrected chi connectivity index (χ3v) is 5.29.